The summed E-state index contributed by atoms with van der Waals surface area (Å²) in [4.78, 5) is 3.38. The molecule has 0 amide bonds. The average Bonchev–Trinajstić information content (AvgIpc) is 2.16. The maximum absolute atomic E-state index is 12.4. The molecule has 0 aliphatic rings. The predicted octanol–water partition coefficient (Wildman–Crippen LogP) is 2.11. The molecule has 1 rings (SSSR count). The number of aliphatic hydroxyl groups excluding tert-OH is 1. The summed E-state index contributed by atoms with van der Waals surface area (Å²) in [5.74, 6) is -0.199. The quantitative estimate of drug-likeness (QED) is 0.825. The summed E-state index contributed by atoms with van der Waals surface area (Å²) in [6.07, 6.45) is -1.80. The summed E-state index contributed by atoms with van der Waals surface area (Å²) in [5, 5.41) is 18.4. The van der Waals surface area contributed by atoms with Crippen LogP contribution in [0.4, 0.5) is 8.78 Å². The number of aromatic nitrogens is 1. The van der Waals surface area contributed by atoms with Gasteiger partial charge in [0.15, 0.2) is 0 Å². The molecule has 0 saturated carbocycles. The van der Waals surface area contributed by atoms with Crippen LogP contribution in [0, 0.1) is 0 Å². The minimum Gasteiger partial charge on any atom is -0.506 e. The monoisotopic (exact) mass is 267 g/mol. The average molecular weight is 268 g/mol. The van der Waals surface area contributed by atoms with E-state index >= 15 is 0 Å². The lowest BCUT2D eigenvalue weighted by Crippen LogP contribution is -2.02. The second-order valence-corrected chi connectivity index (χ2v) is 3.14. The van der Waals surface area contributed by atoms with E-state index in [1.165, 1.54) is 0 Å². The van der Waals surface area contributed by atoms with Crippen LogP contribution < -0.4 is 0 Å². The summed E-state index contributed by atoms with van der Waals surface area (Å²) in [5.41, 5.74) is -0.255. The summed E-state index contributed by atoms with van der Waals surface area (Å²) in [6, 6.07) is 0. The third kappa shape index (κ3) is 2.01. The third-order valence-electron chi connectivity index (χ3n) is 1.81. The minimum absolute atomic E-state index is 0.0168. The highest BCUT2D eigenvalue weighted by Gasteiger charge is 2.19. The molecule has 3 nitrogen and oxygen atoms in total. The van der Waals surface area contributed by atoms with Gasteiger partial charge in [-0.1, -0.05) is 15.9 Å². The smallest absolute Gasteiger partial charge is 0.280 e. The Balaban J connectivity index is 3.33. The molecule has 1 aromatic rings. The van der Waals surface area contributed by atoms with Crippen LogP contribution in [-0.4, -0.2) is 15.2 Å². The van der Waals surface area contributed by atoms with Gasteiger partial charge in [0.05, 0.1) is 12.8 Å². The fraction of sp³-hybridized carbons (Fsp3) is 0.375. The first-order chi connectivity index (χ1) is 6.61. The molecule has 0 saturated heterocycles. The zero-order chi connectivity index (χ0) is 10.7. The zero-order valence-electron chi connectivity index (χ0n) is 7.04. The number of halogens is 3. The number of rotatable bonds is 3. The molecule has 0 aliphatic heterocycles. The lowest BCUT2D eigenvalue weighted by atomic mass is 10.1. The predicted molar refractivity (Wildman–Crippen MR) is 49.4 cm³/mol. The molecule has 78 valence electrons. The first-order valence-corrected chi connectivity index (χ1v) is 4.88. The molecule has 0 atom stereocenters. The van der Waals surface area contributed by atoms with Gasteiger partial charge in [-0.05, 0) is 0 Å². The number of pyridine rings is 1. The van der Waals surface area contributed by atoms with Gasteiger partial charge < -0.3 is 10.2 Å². The summed E-state index contributed by atoms with van der Waals surface area (Å²) in [6.45, 7) is -0.567. The summed E-state index contributed by atoms with van der Waals surface area (Å²) in [7, 11) is 0. The van der Waals surface area contributed by atoms with Gasteiger partial charge in [-0.2, -0.15) is 0 Å². The number of alkyl halides is 3. The van der Waals surface area contributed by atoms with Crippen molar-refractivity contribution in [3.63, 3.8) is 0 Å². The van der Waals surface area contributed by atoms with E-state index in [1.807, 2.05) is 0 Å². The molecule has 0 bridgehead atoms. The van der Waals surface area contributed by atoms with Gasteiger partial charge in [-0.15, -0.1) is 0 Å². The van der Waals surface area contributed by atoms with E-state index in [4.69, 9.17) is 5.11 Å². The van der Waals surface area contributed by atoms with Crippen molar-refractivity contribution in [2.24, 2.45) is 0 Å². The van der Waals surface area contributed by atoms with Gasteiger partial charge in [-0.3, -0.25) is 4.98 Å². The van der Waals surface area contributed by atoms with Crippen molar-refractivity contribution in [3.05, 3.63) is 23.0 Å². The van der Waals surface area contributed by atoms with Crippen molar-refractivity contribution in [1.82, 2.24) is 4.98 Å². The van der Waals surface area contributed by atoms with E-state index in [1.54, 1.807) is 0 Å². The van der Waals surface area contributed by atoms with Gasteiger partial charge in [-0.25, -0.2) is 8.78 Å². The Kier molecular flexibility index (Phi) is 3.77. The van der Waals surface area contributed by atoms with Gasteiger partial charge in [0.1, 0.15) is 11.4 Å². The first kappa shape index (κ1) is 11.3. The Morgan fingerprint density at radius 2 is 2.07 bits per heavy atom. The van der Waals surface area contributed by atoms with Crippen LogP contribution in [0.15, 0.2) is 6.20 Å². The van der Waals surface area contributed by atoms with E-state index in [2.05, 4.69) is 20.9 Å². The van der Waals surface area contributed by atoms with Crippen LogP contribution in [0.1, 0.15) is 23.2 Å². The number of hydrogen-bond acceptors (Lipinski definition) is 3. The molecule has 2 N–H and O–H groups in total. The van der Waals surface area contributed by atoms with Crippen LogP contribution in [0.3, 0.4) is 0 Å². The van der Waals surface area contributed by atoms with Crippen molar-refractivity contribution < 1.29 is 19.0 Å². The second-order valence-electron chi connectivity index (χ2n) is 2.58. The molecule has 0 unspecified atom stereocenters. The standard InChI is InChI=1S/C8H8BrF2NO2/c9-1-4-5(3-13)7(8(10)11)12-2-6(4)14/h2,8,13-14H,1,3H2. The fourth-order valence-corrected chi connectivity index (χ4v) is 1.73. The number of nitrogens with zero attached hydrogens (tertiary/aromatic N) is 1. The molecule has 0 aliphatic carbocycles. The summed E-state index contributed by atoms with van der Waals surface area (Å²) >= 11 is 3.04. The minimum atomic E-state index is -2.75. The SMILES string of the molecule is OCc1c(C(F)F)ncc(O)c1CBr. The van der Waals surface area contributed by atoms with Crippen molar-refractivity contribution in [1.29, 1.82) is 0 Å². The normalized spacial score (nSPS) is 10.9. The van der Waals surface area contributed by atoms with Gasteiger partial charge in [0.25, 0.3) is 6.43 Å². The molecular formula is C8H8BrF2NO2. The van der Waals surface area contributed by atoms with E-state index < -0.39 is 18.7 Å². The van der Waals surface area contributed by atoms with Crippen molar-refractivity contribution in [3.8, 4) is 5.75 Å². The van der Waals surface area contributed by atoms with Crippen molar-refractivity contribution in [2.45, 2.75) is 18.4 Å². The van der Waals surface area contributed by atoms with Crippen LogP contribution in [0.2, 0.25) is 0 Å². The maximum Gasteiger partial charge on any atom is 0.280 e. The Morgan fingerprint density at radius 3 is 2.50 bits per heavy atom. The zero-order valence-corrected chi connectivity index (χ0v) is 8.63. The first-order valence-electron chi connectivity index (χ1n) is 3.76. The molecule has 1 heterocycles. The molecule has 0 radical (unpaired) electrons. The Morgan fingerprint density at radius 1 is 1.43 bits per heavy atom. The molecule has 0 spiro atoms. The molecule has 0 aromatic carbocycles. The molecular weight excluding hydrogens is 260 g/mol. The topological polar surface area (TPSA) is 53.4 Å². The molecule has 0 fully saturated rings. The molecule has 6 heteroatoms. The number of aromatic hydroxyl groups is 1. The highest BCUT2D eigenvalue weighted by molar-refractivity contribution is 9.08. The van der Waals surface area contributed by atoms with E-state index in [0.717, 1.165) is 6.20 Å². The highest BCUT2D eigenvalue weighted by atomic mass is 79.9. The largest absolute Gasteiger partial charge is 0.506 e. The van der Waals surface area contributed by atoms with Crippen molar-refractivity contribution >= 4 is 15.9 Å². The van der Waals surface area contributed by atoms with Gasteiger partial charge in [0.2, 0.25) is 0 Å². The van der Waals surface area contributed by atoms with E-state index in [9.17, 15) is 13.9 Å². The van der Waals surface area contributed by atoms with E-state index in [-0.39, 0.29) is 22.2 Å². The fourth-order valence-electron chi connectivity index (χ4n) is 1.11. The number of hydrogen-bond donors (Lipinski definition) is 2. The Labute approximate surface area is 87.5 Å². The van der Waals surface area contributed by atoms with Gasteiger partial charge in [0, 0.05) is 16.5 Å². The van der Waals surface area contributed by atoms with Gasteiger partial charge >= 0.3 is 0 Å². The second kappa shape index (κ2) is 4.65. The Hall–Kier alpha value is -0.750. The molecule has 1 aromatic heterocycles. The lowest BCUT2D eigenvalue weighted by molar-refractivity contribution is 0.141. The van der Waals surface area contributed by atoms with Crippen LogP contribution in [0.25, 0.3) is 0 Å². The van der Waals surface area contributed by atoms with Crippen LogP contribution in [0.5, 0.6) is 5.75 Å². The van der Waals surface area contributed by atoms with Crippen molar-refractivity contribution in [2.75, 3.05) is 0 Å². The Bertz CT molecular complexity index is 333. The van der Waals surface area contributed by atoms with Crippen LogP contribution in [-0.2, 0) is 11.9 Å². The van der Waals surface area contributed by atoms with E-state index in [0.29, 0.717) is 0 Å². The highest BCUT2D eigenvalue weighted by Crippen LogP contribution is 2.30. The molecule has 14 heavy (non-hydrogen) atoms. The third-order valence-corrected chi connectivity index (χ3v) is 2.37. The lowest BCUT2D eigenvalue weighted by Gasteiger charge is -2.11. The maximum atomic E-state index is 12.4. The summed E-state index contributed by atoms with van der Waals surface area (Å²) < 4.78 is 24.8. The van der Waals surface area contributed by atoms with Crippen LogP contribution >= 0.6 is 15.9 Å². The number of aliphatic hydroxyl groups is 1.